The lowest BCUT2D eigenvalue weighted by Crippen LogP contribution is -2.53. The normalized spacial score (nSPS) is 23.0. The average Bonchev–Trinajstić information content (AvgIpc) is 2.90. The fourth-order valence-corrected chi connectivity index (χ4v) is 3.19. The molecule has 0 atom stereocenters. The van der Waals surface area contributed by atoms with Gasteiger partial charge in [0.05, 0.1) is 0 Å². The van der Waals surface area contributed by atoms with Gasteiger partial charge in [-0.05, 0) is 31.5 Å². The van der Waals surface area contributed by atoms with Crippen LogP contribution >= 0.6 is 12.2 Å². The molecule has 1 aliphatic heterocycles. The summed E-state index contributed by atoms with van der Waals surface area (Å²) < 4.78 is 0. The number of rotatable bonds is 3. The Morgan fingerprint density at radius 2 is 1.82 bits per heavy atom. The van der Waals surface area contributed by atoms with E-state index in [4.69, 9.17) is 12.2 Å². The van der Waals surface area contributed by atoms with Crippen molar-refractivity contribution in [1.82, 2.24) is 15.1 Å². The highest BCUT2D eigenvalue weighted by Crippen LogP contribution is 2.24. The third-order valence-corrected chi connectivity index (χ3v) is 4.37. The average molecular weight is 255 g/mol. The number of nitrogens with zero attached hydrogens (tertiary/aromatic N) is 2. The summed E-state index contributed by atoms with van der Waals surface area (Å²) in [6.45, 7) is 7.77. The minimum atomic E-state index is 0.870. The SMILES string of the molecule is CCCNC(=S)N1CCN(C2CCCC2)CC1. The smallest absolute Gasteiger partial charge is 0.169 e. The molecule has 2 rings (SSSR count). The highest BCUT2D eigenvalue weighted by molar-refractivity contribution is 7.80. The zero-order valence-corrected chi connectivity index (χ0v) is 11.8. The second-order valence-corrected chi connectivity index (χ2v) is 5.58. The van der Waals surface area contributed by atoms with Crippen molar-refractivity contribution in [1.29, 1.82) is 0 Å². The molecule has 4 heteroatoms. The highest BCUT2D eigenvalue weighted by Gasteiger charge is 2.26. The van der Waals surface area contributed by atoms with E-state index in [1.165, 1.54) is 38.8 Å². The van der Waals surface area contributed by atoms with Crippen molar-refractivity contribution in [2.75, 3.05) is 32.7 Å². The van der Waals surface area contributed by atoms with Gasteiger partial charge < -0.3 is 10.2 Å². The van der Waals surface area contributed by atoms with Gasteiger partial charge in [-0.15, -0.1) is 0 Å². The van der Waals surface area contributed by atoms with E-state index in [0.29, 0.717) is 0 Å². The molecule has 1 N–H and O–H groups in total. The van der Waals surface area contributed by atoms with Crippen LogP contribution in [0.4, 0.5) is 0 Å². The Labute approximate surface area is 111 Å². The third-order valence-electron chi connectivity index (χ3n) is 3.97. The van der Waals surface area contributed by atoms with Crippen LogP contribution in [0.5, 0.6) is 0 Å². The van der Waals surface area contributed by atoms with Crippen LogP contribution in [0, 0.1) is 0 Å². The van der Waals surface area contributed by atoms with Crippen molar-refractivity contribution >= 4 is 17.3 Å². The largest absolute Gasteiger partial charge is 0.363 e. The highest BCUT2D eigenvalue weighted by atomic mass is 32.1. The monoisotopic (exact) mass is 255 g/mol. The molecule has 0 aromatic heterocycles. The molecular formula is C13H25N3S. The van der Waals surface area contributed by atoms with Gasteiger partial charge in [-0.3, -0.25) is 4.90 Å². The van der Waals surface area contributed by atoms with Gasteiger partial charge in [0.2, 0.25) is 0 Å². The molecule has 0 amide bonds. The lowest BCUT2D eigenvalue weighted by molar-refractivity contribution is 0.133. The van der Waals surface area contributed by atoms with Gasteiger partial charge in [0.15, 0.2) is 5.11 Å². The van der Waals surface area contributed by atoms with E-state index >= 15 is 0 Å². The molecule has 0 bridgehead atoms. The molecule has 17 heavy (non-hydrogen) atoms. The molecule has 0 aromatic carbocycles. The summed E-state index contributed by atoms with van der Waals surface area (Å²) in [5.74, 6) is 0. The molecule has 0 spiro atoms. The molecule has 2 fully saturated rings. The van der Waals surface area contributed by atoms with Gasteiger partial charge in [0.25, 0.3) is 0 Å². The van der Waals surface area contributed by atoms with Crippen LogP contribution in [0.3, 0.4) is 0 Å². The number of piperazine rings is 1. The van der Waals surface area contributed by atoms with E-state index in [1.54, 1.807) is 0 Å². The van der Waals surface area contributed by atoms with Crippen molar-refractivity contribution in [3.63, 3.8) is 0 Å². The Hall–Kier alpha value is -0.350. The van der Waals surface area contributed by atoms with E-state index in [2.05, 4.69) is 22.0 Å². The maximum atomic E-state index is 5.41. The minimum Gasteiger partial charge on any atom is -0.363 e. The first-order valence-electron chi connectivity index (χ1n) is 7.08. The van der Waals surface area contributed by atoms with Gasteiger partial charge in [-0.25, -0.2) is 0 Å². The molecule has 1 saturated carbocycles. The quantitative estimate of drug-likeness (QED) is 0.775. The molecule has 0 unspecified atom stereocenters. The topological polar surface area (TPSA) is 18.5 Å². The summed E-state index contributed by atoms with van der Waals surface area (Å²) in [7, 11) is 0. The van der Waals surface area contributed by atoms with Gasteiger partial charge >= 0.3 is 0 Å². The Kier molecular flexibility index (Phi) is 5.04. The second-order valence-electron chi connectivity index (χ2n) is 5.19. The molecule has 2 aliphatic rings. The van der Waals surface area contributed by atoms with Crippen LogP contribution in [0.2, 0.25) is 0 Å². The van der Waals surface area contributed by atoms with Crippen molar-refractivity contribution < 1.29 is 0 Å². The molecule has 98 valence electrons. The summed E-state index contributed by atoms with van der Waals surface area (Å²) in [4.78, 5) is 5.00. The Bertz CT molecular complexity index is 243. The number of hydrogen-bond donors (Lipinski definition) is 1. The van der Waals surface area contributed by atoms with E-state index in [0.717, 1.165) is 37.2 Å². The fourth-order valence-electron chi connectivity index (χ4n) is 2.90. The number of nitrogens with one attached hydrogen (secondary N) is 1. The van der Waals surface area contributed by atoms with E-state index in [-0.39, 0.29) is 0 Å². The Morgan fingerprint density at radius 1 is 1.18 bits per heavy atom. The number of thiocarbonyl (C=S) groups is 1. The van der Waals surface area contributed by atoms with Crippen LogP contribution in [-0.4, -0.2) is 53.7 Å². The summed E-state index contributed by atoms with van der Waals surface area (Å²) in [6.07, 6.45) is 6.84. The summed E-state index contributed by atoms with van der Waals surface area (Å²) in [6, 6.07) is 0.870. The maximum Gasteiger partial charge on any atom is 0.169 e. The standard InChI is InChI=1S/C13H25N3S/c1-2-7-14-13(17)16-10-8-15(9-11-16)12-5-3-4-6-12/h12H,2-11H2,1H3,(H,14,17). The van der Waals surface area contributed by atoms with Crippen LogP contribution < -0.4 is 5.32 Å². The fraction of sp³-hybridized carbons (Fsp3) is 0.923. The van der Waals surface area contributed by atoms with Crippen LogP contribution in [0.1, 0.15) is 39.0 Å². The van der Waals surface area contributed by atoms with E-state index in [9.17, 15) is 0 Å². The van der Waals surface area contributed by atoms with Gasteiger partial charge in [-0.1, -0.05) is 19.8 Å². The maximum absolute atomic E-state index is 5.41. The Morgan fingerprint density at radius 3 is 2.41 bits per heavy atom. The third kappa shape index (κ3) is 3.55. The van der Waals surface area contributed by atoms with Gasteiger partial charge in [0, 0.05) is 38.8 Å². The van der Waals surface area contributed by atoms with Crippen molar-refractivity contribution in [2.24, 2.45) is 0 Å². The second kappa shape index (κ2) is 6.55. The first-order chi connectivity index (χ1) is 8.31. The molecule has 1 heterocycles. The molecule has 1 aliphatic carbocycles. The van der Waals surface area contributed by atoms with Crippen LogP contribution in [-0.2, 0) is 0 Å². The molecule has 0 aromatic rings. The first-order valence-corrected chi connectivity index (χ1v) is 7.49. The molecule has 1 saturated heterocycles. The van der Waals surface area contributed by atoms with Crippen LogP contribution in [0.25, 0.3) is 0 Å². The predicted molar refractivity (Wildman–Crippen MR) is 76.3 cm³/mol. The minimum absolute atomic E-state index is 0.870. The van der Waals surface area contributed by atoms with Gasteiger partial charge in [0.1, 0.15) is 0 Å². The van der Waals surface area contributed by atoms with E-state index < -0.39 is 0 Å². The lowest BCUT2D eigenvalue weighted by Gasteiger charge is -2.39. The predicted octanol–water partition coefficient (Wildman–Crippen LogP) is 1.83. The van der Waals surface area contributed by atoms with E-state index in [1.807, 2.05) is 0 Å². The zero-order chi connectivity index (χ0) is 12.1. The first kappa shape index (κ1) is 13.1. The Balaban J connectivity index is 1.71. The zero-order valence-electron chi connectivity index (χ0n) is 11.0. The van der Waals surface area contributed by atoms with Crippen LogP contribution in [0.15, 0.2) is 0 Å². The van der Waals surface area contributed by atoms with Crippen molar-refractivity contribution in [3.8, 4) is 0 Å². The summed E-state index contributed by atoms with van der Waals surface area (Å²) >= 11 is 5.41. The summed E-state index contributed by atoms with van der Waals surface area (Å²) in [5, 5.41) is 4.28. The number of hydrogen-bond acceptors (Lipinski definition) is 2. The molecular weight excluding hydrogens is 230 g/mol. The van der Waals surface area contributed by atoms with Gasteiger partial charge in [-0.2, -0.15) is 0 Å². The van der Waals surface area contributed by atoms with Crippen molar-refractivity contribution in [3.05, 3.63) is 0 Å². The van der Waals surface area contributed by atoms with Crippen molar-refractivity contribution in [2.45, 2.75) is 45.1 Å². The molecule has 3 nitrogen and oxygen atoms in total. The lowest BCUT2D eigenvalue weighted by atomic mass is 10.2. The summed E-state index contributed by atoms with van der Waals surface area (Å²) in [5.41, 5.74) is 0. The molecule has 0 radical (unpaired) electrons.